The number of hydrogen-bond donors (Lipinski definition) is 2. The zero-order valence-electron chi connectivity index (χ0n) is 10.5. The number of methoxy groups -OCH3 is 1. The summed E-state index contributed by atoms with van der Waals surface area (Å²) in [6.45, 7) is 0. The van der Waals surface area contributed by atoms with E-state index in [1.54, 1.807) is 13.3 Å². The Morgan fingerprint density at radius 3 is 2.84 bits per heavy atom. The summed E-state index contributed by atoms with van der Waals surface area (Å²) < 4.78 is 6.13. The number of hydrazine groups is 1. The Balaban J connectivity index is 2.17. The van der Waals surface area contributed by atoms with E-state index in [1.165, 1.54) is 6.33 Å². The van der Waals surface area contributed by atoms with Crippen molar-refractivity contribution in [2.24, 2.45) is 5.84 Å². The van der Waals surface area contributed by atoms with Crippen molar-refractivity contribution in [3.63, 3.8) is 0 Å². The van der Waals surface area contributed by atoms with Crippen LogP contribution in [0.5, 0.6) is 5.75 Å². The fourth-order valence-corrected chi connectivity index (χ4v) is 2.42. The van der Waals surface area contributed by atoms with Gasteiger partial charge in [-0.2, -0.15) is 0 Å². The highest BCUT2D eigenvalue weighted by Crippen LogP contribution is 2.27. The van der Waals surface area contributed by atoms with Crippen molar-refractivity contribution in [2.75, 3.05) is 7.11 Å². The Kier molecular flexibility index (Phi) is 4.84. The summed E-state index contributed by atoms with van der Waals surface area (Å²) >= 11 is 3.47. The van der Waals surface area contributed by atoms with Gasteiger partial charge in [-0.25, -0.2) is 9.97 Å². The van der Waals surface area contributed by atoms with Crippen LogP contribution in [0.15, 0.2) is 41.3 Å². The molecule has 100 valence electrons. The zero-order valence-corrected chi connectivity index (χ0v) is 12.1. The third-order valence-corrected chi connectivity index (χ3v) is 3.44. The number of aromatic nitrogens is 2. The summed E-state index contributed by atoms with van der Waals surface area (Å²) in [4.78, 5) is 8.11. The second-order valence-electron chi connectivity index (χ2n) is 4.03. The third kappa shape index (κ3) is 3.50. The molecule has 2 aromatic rings. The lowest BCUT2D eigenvalue weighted by atomic mass is 10.0. The molecule has 5 nitrogen and oxygen atoms in total. The van der Waals surface area contributed by atoms with Crippen LogP contribution in [0.25, 0.3) is 0 Å². The molecule has 1 atom stereocenters. The summed E-state index contributed by atoms with van der Waals surface area (Å²) in [6.07, 6.45) is 3.95. The summed E-state index contributed by atoms with van der Waals surface area (Å²) in [5, 5.41) is 0. The predicted molar refractivity (Wildman–Crippen MR) is 76.5 cm³/mol. The van der Waals surface area contributed by atoms with E-state index in [2.05, 4.69) is 31.3 Å². The van der Waals surface area contributed by atoms with Crippen molar-refractivity contribution >= 4 is 15.9 Å². The number of rotatable bonds is 5. The largest absolute Gasteiger partial charge is 0.496 e. The van der Waals surface area contributed by atoms with Gasteiger partial charge in [0.15, 0.2) is 0 Å². The molecule has 0 spiro atoms. The Labute approximate surface area is 120 Å². The Bertz CT molecular complexity index is 535. The average molecular weight is 323 g/mol. The summed E-state index contributed by atoms with van der Waals surface area (Å²) in [6, 6.07) is 7.75. The predicted octanol–water partition coefficient (Wildman–Crippen LogP) is 1.99. The maximum Gasteiger partial charge on any atom is 0.133 e. The Hall–Kier alpha value is -1.50. The standard InChI is InChI=1S/C13H15BrN4O/c1-19-13-3-2-9(6-10(13)14)7-12(18-15)11-4-5-16-8-17-11/h2-6,8,12,18H,7,15H2,1H3. The molecule has 0 aliphatic carbocycles. The molecule has 0 bridgehead atoms. The molecule has 6 heteroatoms. The lowest BCUT2D eigenvalue weighted by Crippen LogP contribution is -2.30. The van der Waals surface area contributed by atoms with Crippen molar-refractivity contribution in [2.45, 2.75) is 12.5 Å². The van der Waals surface area contributed by atoms with E-state index in [0.29, 0.717) is 0 Å². The molecule has 1 aromatic heterocycles. The molecular weight excluding hydrogens is 308 g/mol. The van der Waals surface area contributed by atoms with Crippen LogP contribution in [0.2, 0.25) is 0 Å². The van der Waals surface area contributed by atoms with Crippen molar-refractivity contribution in [3.8, 4) is 5.75 Å². The summed E-state index contributed by atoms with van der Waals surface area (Å²) in [7, 11) is 1.64. The summed E-state index contributed by atoms with van der Waals surface area (Å²) in [5.41, 5.74) is 4.78. The van der Waals surface area contributed by atoms with E-state index in [9.17, 15) is 0 Å². The quantitative estimate of drug-likeness (QED) is 0.650. The zero-order chi connectivity index (χ0) is 13.7. The van der Waals surface area contributed by atoms with E-state index in [4.69, 9.17) is 10.6 Å². The third-order valence-electron chi connectivity index (χ3n) is 2.82. The molecule has 1 unspecified atom stereocenters. The lowest BCUT2D eigenvalue weighted by molar-refractivity contribution is 0.412. The van der Waals surface area contributed by atoms with Gasteiger partial charge < -0.3 is 4.74 Å². The number of benzene rings is 1. The molecule has 0 aliphatic rings. The van der Waals surface area contributed by atoms with E-state index < -0.39 is 0 Å². The highest BCUT2D eigenvalue weighted by molar-refractivity contribution is 9.10. The summed E-state index contributed by atoms with van der Waals surface area (Å²) in [5.74, 6) is 6.41. The van der Waals surface area contributed by atoms with Gasteiger partial charge >= 0.3 is 0 Å². The second kappa shape index (κ2) is 6.60. The van der Waals surface area contributed by atoms with Crippen molar-refractivity contribution in [1.82, 2.24) is 15.4 Å². The molecule has 0 amide bonds. The molecule has 1 heterocycles. The van der Waals surface area contributed by atoms with Crippen molar-refractivity contribution in [3.05, 3.63) is 52.5 Å². The molecule has 0 radical (unpaired) electrons. The fraction of sp³-hybridized carbons (Fsp3) is 0.231. The first-order valence-electron chi connectivity index (χ1n) is 5.79. The minimum Gasteiger partial charge on any atom is -0.496 e. The highest BCUT2D eigenvalue weighted by Gasteiger charge is 2.12. The molecule has 19 heavy (non-hydrogen) atoms. The number of nitrogens with zero attached hydrogens (tertiary/aromatic N) is 2. The van der Waals surface area contributed by atoms with Crippen LogP contribution < -0.4 is 16.0 Å². The maximum atomic E-state index is 5.60. The van der Waals surface area contributed by atoms with Crippen LogP contribution in [0.3, 0.4) is 0 Å². The highest BCUT2D eigenvalue weighted by atomic mass is 79.9. The molecule has 0 saturated carbocycles. The normalized spacial score (nSPS) is 12.2. The molecule has 2 rings (SSSR count). The van der Waals surface area contributed by atoms with Crippen LogP contribution in [0.1, 0.15) is 17.3 Å². The average Bonchev–Trinajstić information content (AvgIpc) is 2.46. The smallest absolute Gasteiger partial charge is 0.133 e. The number of nitrogens with two attached hydrogens (primary N) is 1. The minimum absolute atomic E-state index is 0.0525. The van der Waals surface area contributed by atoms with Crippen LogP contribution in [-0.2, 0) is 6.42 Å². The topological polar surface area (TPSA) is 73.1 Å². The molecule has 1 aromatic carbocycles. The molecule has 0 aliphatic heterocycles. The van der Waals surface area contributed by atoms with E-state index in [0.717, 1.165) is 27.9 Å². The monoisotopic (exact) mass is 322 g/mol. The Morgan fingerprint density at radius 1 is 1.42 bits per heavy atom. The first-order valence-corrected chi connectivity index (χ1v) is 6.58. The van der Waals surface area contributed by atoms with Gasteiger partial charge in [0.05, 0.1) is 23.3 Å². The molecular formula is C13H15BrN4O. The molecule has 0 saturated heterocycles. The molecule has 0 fully saturated rings. The fourth-order valence-electron chi connectivity index (χ4n) is 1.83. The lowest BCUT2D eigenvalue weighted by Gasteiger charge is -2.15. The Morgan fingerprint density at radius 2 is 2.26 bits per heavy atom. The van der Waals surface area contributed by atoms with Crippen molar-refractivity contribution in [1.29, 1.82) is 0 Å². The van der Waals surface area contributed by atoms with Crippen LogP contribution in [0, 0.1) is 0 Å². The SMILES string of the molecule is COc1ccc(CC(NN)c2ccncn2)cc1Br. The number of nitrogens with one attached hydrogen (secondary N) is 1. The van der Waals surface area contributed by atoms with E-state index in [1.807, 2.05) is 24.3 Å². The number of halogens is 1. The van der Waals surface area contributed by atoms with Gasteiger partial charge in [0.1, 0.15) is 12.1 Å². The van der Waals surface area contributed by atoms with Gasteiger partial charge in [-0.05, 0) is 46.1 Å². The van der Waals surface area contributed by atoms with Crippen molar-refractivity contribution < 1.29 is 4.74 Å². The van der Waals surface area contributed by atoms with Gasteiger partial charge in [-0.1, -0.05) is 6.07 Å². The minimum atomic E-state index is -0.0525. The van der Waals surface area contributed by atoms with Gasteiger partial charge in [0, 0.05) is 6.20 Å². The van der Waals surface area contributed by atoms with E-state index >= 15 is 0 Å². The number of ether oxygens (including phenoxy) is 1. The first kappa shape index (κ1) is 13.9. The van der Waals surface area contributed by atoms with E-state index in [-0.39, 0.29) is 6.04 Å². The van der Waals surface area contributed by atoms with Crippen LogP contribution >= 0.6 is 15.9 Å². The van der Waals surface area contributed by atoms with Crippen LogP contribution in [-0.4, -0.2) is 17.1 Å². The first-order chi connectivity index (χ1) is 9.24. The van der Waals surface area contributed by atoms with Gasteiger partial charge in [0.2, 0.25) is 0 Å². The maximum absolute atomic E-state index is 5.60. The van der Waals surface area contributed by atoms with Gasteiger partial charge in [0.25, 0.3) is 0 Å². The van der Waals surface area contributed by atoms with Gasteiger partial charge in [-0.15, -0.1) is 0 Å². The van der Waals surface area contributed by atoms with Gasteiger partial charge in [-0.3, -0.25) is 11.3 Å². The number of hydrogen-bond acceptors (Lipinski definition) is 5. The van der Waals surface area contributed by atoms with Crippen LogP contribution in [0.4, 0.5) is 0 Å². The second-order valence-corrected chi connectivity index (χ2v) is 4.88. The molecule has 3 N–H and O–H groups in total.